The fraction of sp³-hybridized carbons (Fsp3) is 0.444. The van der Waals surface area contributed by atoms with E-state index in [4.69, 9.17) is 15.4 Å². The third-order valence-electron chi connectivity index (χ3n) is 2.84. The van der Waals surface area contributed by atoms with Crippen LogP contribution in [0.25, 0.3) is 11.2 Å². The van der Waals surface area contributed by atoms with E-state index < -0.39 is 35.7 Å². The predicted molar refractivity (Wildman–Crippen MR) is 84.6 cm³/mol. The Bertz CT molecular complexity index is 969. The fourth-order valence-corrected chi connectivity index (χ4v) is 5.23. The number of aromatic nitrogens is 4. The van der Waals surface area contributed by atoms with Gasteiger partial charge in [-0.1, -0.05) is 0 Å². The first-order valence-corrected chi connectivity index (χ1v) is 11.6. The summed E-state index contributed by atoms with van der Waals surface area (Å²) >= 11 is 0. The minimum absolute atomic E-state index is 0. The number of nitrogen functional groups attached to an aromatic ring is 1. The van der Waals surface area contributed by atoms with E-state index >= 15 is 0 Å². The maximum absolute atomic E-state index is 11.7. The largest absolute Gasteiger partial charge is 1.00 e. The van der Waals surface area contributed by atoms with Gasteiger partial charge < -0.3 is 39.2 Å². The Balaban J connectivity index is 0.00000392. The molecule has 0 bridgehead atoms. The van der Waals surface area contributed by atoms with Gasteiger partial charge in [0.15, 0.2) is 11.5 Å². The Hall–Kier alpha value is 0.760. The predicted octanol–water partition coefficient (Wildman–Crippen LogP) is -7.07. The first-order chi connectivity index (χ1) is 12.3. The Morgan fingerprint density at radius 1 is 1.17 bits per heavy atom. The molecule has 0 aliphatic carbocycles. The second-order valence-electron chi connectivity index (χ2n) is 5.15. The van der Waals surface area contributed by atoms with Crippen LogP contribution in [0, 0.1) is 0 Å². The van der Waals surface area contributed by atoms with Gasteiger partial charge in [0.05, 0.1) is 26.8 Å². The third kappa shape index (κ3) is 9.84. The molecule has 15 nitrogen and oxygen atoms in total. The number of anilines is 1. The first kappa shape index (κ1) is 29.8. The van der Waals surface area contributed by atoms with Gasteiger partial charge in [-0.3, -0.25) is 8.88 Å². The van der Waals surface area contributed by atoms with Crippen LogP contribution in [0.15, 0.2) is 12.7 Å². The zero-order chi connectivity index (χ0) is 20.5. The van der Waals surface area contributed by atoms with E-state index in [1.54, 1.807) is 0 Å². The Morgan fingerprint density at radius 2 is 1.79 bits per heavy atom. The molecular formula is C9H14N5Na2O10P3. The number of phosphoric acid groups is 2. The molecular weight excluding hydrogens is 477 g/mol. The summed E-state index contributed by atoms with van der Waals surface area (Å²) < 4.78 is 46.9. The summed E-state index contributed by atoms with van der Waals surface area (Å²) in [4.78, 5) is 50.9. The second kappa shape index (κ2) is 11.6. The number of hydrogen-bond donors (Lipinski definition) is 3. The zero-order valence-electron chi connectivity index (χ0n) is 15.5. The standard InChI is InChI=1S/C9H16N5O10P3.2Na/c1-6(2-14-4-13-7-8(10)11-3-12-9(7)14)22-5-25(15,16)23-27(20,21)24-26(17,18)19;;/h3-4,6H,2,5H2,1H3,(H,15,16)(H,20,21)(H2,10,11,12)(H2,17,18,19);;/q;2*+1/p-2. The van der Waals surface area contributed by atoms with Crippen molar-refractivity contribution in [1.29, 1.82) is 0 Å². The third-order valence-corrected chi connectivity index (χ3v) is 6.79. The van der Waals surface area contributed by atoms with Crippen LogP contribution in [0.1, 0.15) is 6.92 Å². The molecule has 0 saturated heterocycles. The van der Waals surface area contributed by atoms with Gasteiger partial charge in [-0.2, -0.15) is 0 Å². The molecule has 0 aromatic carbocycles. The molecule has 0 saturated carbocycles. The van der Waals surface area contributed by atoms with Crippen molar-refractivity contribution in [3.8, 4) is 0 Å². The minimum Gasteiger partial charge on any atom is -0.789 e. The van der Waals surface area contributed by atoms with E-state index in [2.05, 4.69) is 23.6 Å². The van der Waals surface area contributed by atoms with E-state index in [1.165, 1.54) is 24.1 Å². The zero-order valence-corrected chi connectivity index (χ0v) is 22.2. The van der Waals surface area contributed by atoms with Crippen LogP contribution in [0.2, 0.25) is 0 Å². The molecule has 0 aliphatic heterocycles. The van der Waals surface area contributed by atoms with Gasteiger partial charge in [-0.15, -0.1) is 0 Å². The van der Waals surface area contributed by atoms with Crippen molar-refractivity contribution < 1.29 is 106 Å². The van der Waals surface area contributed by atoms with E-state index in [9.17, 15) is 28.4 Å². The number of nitrogens with zero attached hydrogens (tertiary/aromatic N) is 4. The number of nitrogens with two attached hydrogens (primary N) is 1. The Kier molecular flexibility index (Phi) is 11.9. The molecule has 2 aromatic heterocycles. The summed E-state index contributed by atoms with van der Waals surface area (Å²) in [5.41, 5.74) is 6.38. The summed E-state index contributed by atoms with van der Waals surface area (Å²) in [5.74, 6) is 0.160. The van der Waals surface area contributed by atoms with E-state index in [0.717, 1.165) is 0 Å². The van der Waals surface area contributed by atoms with Gasteiger partial charge in [0.2, 0.25) is 0 Å². The van der Waals surface area contributed by atoms with Gasteiger partial charge in [-0.05, 0) is 6.92 Å². The van der Waals surface area contributed by atoms with Crippen molar-refractivity contribution in [3.63, 3.8) is 0 Å². The molecule has 0 spiro atoms. The molecule has 0 amide bonds. The monoisotopic (exact) mass is 491 g/mol. The van der Waals surface area contributed by atoms with Crippen LogP contribution < -0.4 is 74.6 Å². The average molecular weight is 491 g/mol. The number of ether oxygens (including phenoxy) is 1. The van der Waals surface area contributed by atoms with Crippen LogP contribution in [0.4, 0.5) is 5.82 Å². The maximum Gasteiger partial charge on any atom is 1.00 e. The van der Waals surface area contributed by atoms with Crippen LogP contribution >= 0.6 is 23.2 Å². The molecule has 0 radical (unpaired) electrons. The topological polar surface area (TPSA) is 235 Å². The van der Waals surface area contributed by atoms with Crippen molar-refractivity contribution in [2.24, 2.45) is 0 Å². The summed E-state index contributed by atoms with van der Waals surface area (Å²) in [7, 11) is -16.5. The van der Waals surface area contributed by atoms with Gasteiger partial charge in [0, 0.05) is 0 Å². The van der Waals surface area contributed by atoms with Crippen LogP contribution in [0.3, 0.4) is 0 Å². The van der Waals surface area contributed by atoms with Gasteiger partial charge in [0.1, 0.15) is 18.2 Å². The molecule has 3 unspecified atom stereocenters. The molecule has 3 atom stereocenters. The van der Waals surface area contributed by atoms with Crippen LogP contribution in [-0.2, 0) is 33.6 Å². The maximum atomic E-state index is 11.7. The van der Waals surface area contributed by atoms with Crippen molar-refractivity contribution in [1.82, 2.24) is 19.5 Å². The van der Waals surface area contributed by atoms with E-state index in [-0.39, 0.29) is 71.5 Å². The second-order valence-corrected chi connectivity index (χ2v) is 9.82. The molecule has 2 rings (SSSR count). The molecule has 20 heteroatoms. The summed E-state index contributed by atoms with van der Waals surface area (Å²) in [6.07, 6.45) is 0.779. The first-order valence-electron chi connectivity index (χ1n) is 6.90. The molecule has 2 aromatic rings. The molecule has 4 N–H and O–H groups in total. The number of fused-ring (bicyclic) bond motifs is 1. The van der Waals surface area contributed by atoms with Gasteiger partial charge in [0.25, 0.3) is 0 Å². The van der Waals surface area contributed by atoms with Crippen molar-refractivity contribution in [2.45, 2.75) is 19.6 Å². The fourth-order valence-electron chi connectivity index (χ4n) is 1.91. The Labute approximate surface area is 208 Å². The number of hydrogen-bond acceptors (Lipinski definition) is 12. The van der Waals surface area contributed by atoms with Crippen molar-refractivity contribution in [2.75, 3.05) is 12.1 Å². The van der Waals surface area contributed by atoms with E-state index in [1.807, 2.05) is 0 Å². The molecule has 152 valence electrons. The average Bonchev–Trinajstić information content (AvgIpc) is 2.86. The Morgan fingerprint density at radius 3 is 2.38 bits per heavy atom. The quantitative estimate of drug-likeness (QED) is 0.218. The van der Waals surface area contributed by atoms with Crippen LogP contribution in [-0.4, -0.2) is 41.8 Å². The minimum atomic E-state index is -5.92. The summed E-state index contributed by atoms with van der Waals surface area (Å²) in [6, 6.07) is 0. The smallest absolute Gasteiger partial charge is 0.789 e. The normalized spacial score (nSPS) is 16.9. The number of rotatable bonds is 9. The number of imidazole rings is 1. The summed E-state index contributed by atoms with van der Waals surface area (Å²) in [5, 5.41) is 0. The van der Waals surface area contributed by atoms with Crippen LogP contribution in [0.5, 0.6) is 0 Å². The molecule has 2 heterocycles. The van der Waals surface area contributed by atoms with Crippen molar-refractivity contribution >= 4 is 40.2 Å². The van der Waals surface area contributed by atoms with Gasteiger partial charge >= 0.3 is 74.5 Å². The SMILES string of the molecule is CC(Cn1cnc2c(N)ncnc21)OCP(=O)(O)OP(=O)(O)OP(=O)([O-])[O-].[Na+].[Na+]. The van der Waals surface area contributed by atoms with E-state index in [0.29, 0.717) is 11.2 Å². The molecule has 0 aliphatic rings. The molecule has 29 heavy (non-hydrogen) atoms. The van der Waals surface area contributed by atoms with Gasteiger partial charge in [-0.25, -0.2) is 23.8 Å². The molecule has 0 fully saturated rings. The van der Waals surface area contributed by atoms with Crippen molar-refractivity contribution in [3.05, 3.63) is 12.7 Å². The summed E-state index contributed by atoms with van der Waals surface area (Å²) in [6.45, 7) is 1.59.